The third-order valence-electron chi connectivity index (χ3n) is 3.40. The Morgan fingerprint density at radius 2 is 1.53 bits per heavy atom. The van der Waals surface area contributed by atoms with Crippen molar-refractivity contribution < 1.29 is 0 Å². The highest BCUT2D eigenvalue weighted by Crippen LogP contribution is 2.23. The Bertz CT molecular complexity index is 565. The molecule has 0 amide bonds. The molecule has 0 aromatic heterocycles. The zero-order valence-electron chi connectivity index (χ0n) is 10.7. The molecule has 0 saturated carbocycles. The van der Waals surface area contributed by atoms with Gasteiger partial charge in [-0.05, 0) is 36.1 Å². The van der Waals surface area contributed by atoms with Gasteiger partial charge in [-0.2, -0.15) is 0 Å². The van der Waals surface area contributed by atoms with Gasteiger partial charge < -0.3 is 11.1 Å². The fourth-order valence-corrected chi connectivity index (χ4v) is 2.53. The molecule has 96 valence electrons. The van der Waals surface area contributed by atoms with E-state index in [-0.39, 0.29) is 6.04 Å². The van der Waals surface area contributed by atoms with Crippen LogP contribution in [-0.2, 0) is 12.8 Å². The number of nitrogens with one attached hydrogen (secondary N) is 1. The summed E-state index contributed by atoms with van der Waals surface area (Å²) in [5, 5.41) is 3.12. The Morgan fingerprint density at radius 3 is 2.16 bits per heavy atom. The number of anilines is 1. The molecule has 0 unspecified atom stereocenters. The van der Waals surface area contributed by atoms with Crippen LogP contribution in [0.25, 0.3) is 0 Å². The molecule has 1 aliphatic carbocycles. The minimum Gasteiger partial charge on any atom is -0.370 e. The van der Waals surface area contributed by atoms with E-state index in [1.165, 1.54) is 11.1 Å². The summed E-state index contributed by atoms with van der Waals surface area (Å²) in [5.41, 5.74) is 9.72. The van der Waals surface area contributed by atoms with Crippen molar-refractivity contribution in [3.8, 4) is 0 Å². The molecule has 0 saturated heterocycles. The largest absolute Gasteiger partial charge is 0.370 e. The highest BCUT2D eigenvalue weighted by atomic mass is 15.1. The van der Waals surface area contributed by atoms with Gasteiger partial charge in [0.2, 0.25) is 0 Å². The van der Waals surface area contributed by atoms with Crippen molar-refractivity contribution in [3.05, 3.63) is 65.7 Å². The lowest BCUT2D eigenvalue weighted by Crippen LogP contribution is -2.25. The number of hydrogen-bond acceptors (Lipinski definition) is 1. The van der Waals surface area contributed by atoms with Crippen LogP contribution in [-0.4, -0.2) is 12.0 Å². The van der Waals surface area contributed by atoms with Gasteiger partial charge in [0.25, 0.3) is 0 Å². The first kappa shape index (κ1) is 11.8. The summed E-state index contributed by atoms with van der Waals surface area (Å²) in [4.78, 5) is 4.57. The van der Waals surface area contributed by atoms with Crippen LogP contribution in [0.15, 0.2) is 59.6 Å². The van der Waals surface area contributed by atoms with Crippen molar-refractivity contribution in [2.24, 2.45) is 10.7 Å². The van der Waals surface area contributed by atoms with Crippen molar-refractivity contribution in [1.82, 2.24) is 0 Å². The van der Waals surface area contributed by atoms with E-state index >= 15 is 0 Å². The van der Waals surface area contributed by atoms with Crippen molar-refractivity contribution in [2.75, 3.05) is 5.32 Å². The zero-order valence-corrected chi connectivity index (χ0v) is 10.7. The monoisotopic (exact) mass is 251 g/mol. The fourth-order valence-electron chi connectivity index (χ4n) is 2.53. The average Bonchev–Trinajstić information content (AvgIpc) is 2.81. The summed E-state index contributed by atoms with van der Waals surface area (Å²) in [5.74, 6) is 0.490. The van der Waals surface area contributed by atoms with Gasteiger partial charge in [-0.15, -0.1) is 0 Å². The number of aliphatic imine (C=N–C) groups is 1. The van der Waals surface area contributed by atoms with Gasteiger partial charge in [0.1, 0.15) is 0 Å². The molecule has 0 radical (unpaired) electrons. The Hall–Kier alpha value is -2.29. The smallest absolute Gasteiger partial charge is 0.193 e. The number of hydrogen-bond donors (Lipinski definition) is 2. The maximum Gasteiger partial charge on any atom is 0.193 e. The van der Waals surface area contributed by atoms with Crippen LogP contribution in [0.2, 0.25) is 0 Å². The van der Waals surface area contributed by atoms with E-state index in [0.717, 1.165) is 18.5 Å². The molecule has 3 rings (SSSR count). The molecule has 2 aromatic rings. The minimum atomic E-state index is 0.258. The molecule has 0 spiro atoms. The molecule has 0 heterocycles. The van der Waals surface area contributed by atoms with Crippen LogP contribution >= 0.6 is 0 Å². The molecule has 1 aliphatic rings. The molecular formula is C16H17N3. The van der Waals surface area contributed by atoms with Crippen molar-refractivity contribution in [1.29, 1.82) is 0 Å². The van der Waals surface area contributed by atoms with Gasteiger partial charge >= 0.3 is 0 Å². The molecular weight excluding hydrogens is 234 g/mol. The van der Waals surface area contributed by atoms with Crippen LogP contribution in [0, 0.1) is 0 Å². The lowest BCUT2D eigenvalue weighted by atomic mass is 10.1. The molecule has 2 aromatic carbocycles. The zero-order chi connectivity index (χ0) is 13.1. The van der Waals surface area contributed by atoms with Crippen LogP contribution in [0.4, 0.5) is 5.69 Å². The molecule has 3 nitrogen and oxygen atoms in total. The normalized spacial score (nSPS) is 15.3. The molecule has 0 bridgehead atoms. The maximum atomic E-state index is 5.96. The second-order valence-corrected chi connectivity index (χ2v) is 4.84. The molecule has 0 aliphatic heterocycles. The van der Waals surface area contributed by atoms with Crippen molar-refractivity contribution in [2.45, 2.75) is 18.9 Å². The number of nitrogens with two attached hydrogens (primary N) is 1. The van der Waals surface area contributed by atoms with E-state index < -0.39 is 0 Å². The summed E-state index contributed by atoms with van der Waals surface area (Å²) in [7, 11) is 0. The van der Waals surface area contributed by atoms with Gasteiger partial charge in [0.15, 0.2) is 5.96 Å². The van der Waals surface area contributed by atoms with Gasteiger partial charge in [-0.3, -0.25) is 0 Å². The van der Waals surface area contributed by atoms with E-state index in [1.807, 2.05) is 30.3 Å². The Labute approximate surface area is 113 Å². The SMILES string of the molecule is NC(=NC1Cc2ccccc2C1)Nc1ccccc1. The van der Waals surface area contributed by atoms with Gasteiger partial charge in [-0.1, -0.05) is 42.5 Å². The van der Waals surface area contributed by atoms with Gasteiger partial charge in [0.05, 0.1) is 6.04 Å². The summed E-state index contributed by atoms with van der Waals surface area (Å²) in [6, 6.07) is 18.6. The maximum absolute atomic E-state index is 5.96. The first-order chi connectivity index (χ1) is 9.31. The fraction of sp³-hybridized carbons (Fsp3) is 0.188. The summed E-state index contributed by atoms with van der Waals surface area (Å²) >= 11 is 0. The van der Waals surface area contributed by atoms with Gasteiger partial charge in [0, 0.05) is 5.69 Å². The van der Waals surface area contributed by atoms with E-state index in [2.05, 4.69) is 34.6 Å². The van der Waals surface area contributed by atoms with Crippen molar-refractivity contribution in [3.63, 3.8) is 0 Å². The third kappa shape index (κ3) is 2.76. The van der Waals surface area contributed by atoms with Crippen LogP contribution in [0.5, 0.6) is 0 Å². The van der Waals surface area contributed by atoms with E-state index in [1.54, 1.807) is 0 Å². The lowest BCUT2D eigenvalue weighted by molar-refractivity contribution is 0.722. The second-order valence-electron chi connectivity index (χ2n) is 4.84. The molecule has 0 atom stereocenters. The number of para-hydroxylation sites is 1. The predicted octanol–water partition coefficient (Wildman–Crippen LogP) is 2.58. The molecule has 3 heteroatoms. The van der Waals surface area contributed by atoms with Crippen LogP contribution in [0.1, 0.15) is 11.1 Å². The third-order valence-corrected chi connectivity index (χ3v) is 3.40. The van der Waals surface area contributed by atoms with E-state index in [0.29, 0.717) is 5.96 Å². The first-order valence-corrected chi connectivity index (χ1v) is 6.53. The number of benzene rings is 2. The highest BCUT2D eigenvalue weighted by molar-refractivity contribution is 5.92. The van der Waals surface area contributed by atoms with Gasteiger partial charge in [-0.25, -0.2) is 4.99 Å². The Kier molecular flexibility index (Phi) is 3.19. The number of nitrogens with zero attached hydrogens (tertiary/aromatic N) is 1. The molecule has 0 fully saturated rings. The molecule has 3 N–H and O–H groups in total. The predicted molar refractivity (Wildman–Crippen MR) is 79.3 cm³/mol. The number of guanidine groups is 1. The Balaban J connectivity index is 1.67. The van der Waals surface area contributed by atoms with Crippen LogP contribution in [0.3, 0.4) is 0 Å². The van der Waals surface area contributed by atoms with E-state index in [9.17, 15) is 0 Å². The standard InChI is InChI=1S/C16H17N3/c17-16(18-14-8-2-1-3-9-14)19-15-10-12-6-4-5-7-13(12)11-15/h1-9,15H,10-11H2,(H3,17,18,19). The quantitative estimate of drug-likeness (QED) is 0.636. The summed E-state index contributed by atoms with van der Waals surface area (Å²) in [6.07, 6.45) is 1.96. The van der Waals surface area contributed by atoms with E-state index in [4.69, 9.17) is 5.73 Å². The topological polar surface area (TPSA) is 50.4 Å². The minimum absolute atomic E-state index is 0.258. The van der Waals surface area contributed by atoms with Crippen molar-refractivity contribution >= 4 is 11.6 Å². The lowest BCUT2D eigenvalue weighted by Gasteiger charge is -2.08. The number of rotatable bonds is 2. The first-order valence-electron chi connectivity index (χ1n) is 6.53. The highest BCUT2D eigenvalue weighted by Gasteiger charge is 2.20. The Morgan fingerprint density at radius 1 is 0.947 bits per heavy atom. The average molecular weight is 251 g/mol. The summed E-state index contributed by atoms with van der Waals surface area (Å²) < 4.78 is 0. The summed E-state index contributed by atoms with van der Waals surface area (Å²) in [6.45, 7) is 0. The molecule has 19 heavy (non-hydrogen) atoms. The van der Waals surface area contributed by atoms with Crippen LogP contribution < -0.4 is 11.1 Å². The second kappa shape index (κ2) is 5.14. The number of fused-ring (bicyclic) bond motifs is 1.